The van der Waals surface area contributed by atoms with E-state index in [2.05, 4.69) is 9.97 Å². The maximum absolute atomic E-state index is 8.51. The van der Waals surface area contributed by atoms with Crippen LogP contribution in [0.1, 0.15) is 24.1 Å². The fraction of sp³-hybridized carbons (Fsp3) is 0.375. The second-order valence-corrected chi connectivity index (χ2v) is 2.29. The van der Waals surface area contributed by atoms with E-state index >= 15 is 0 Å². The lowest BCUT2D eigenvalue weighted by atomic mass is 10.3. The molecule has 0 bridgehead atoms. The Kier molecular flexibility index (Phi) is 2.17. The molecule has 0 saturated heterocycles. The quantitative estimate of drug-likeness (QED) is 0.600. The average molecular weight is 147 g/mol. The third-order valence-corrected chi connectivity index (χ3v) is 1.37. The number of aromatic nitrogens is 2. The van der Waals surface area contributed by atoms with Crippen LogP contribution in [0, 0.1) is 18.3 Å². The topological polar surface area (TPSA) is 49.6 Å². The second kappa shape index (κ2) is 3.11. The zero-order valence-corrected chi connectivity index (χ0v) is 6.63. The Balaban J connectivity index is 3.15. The number of rotatable bonds is 1. The first-order valence-electron chi connectivity index (χ1n) is 3.51. The number of hydrogen-bond donors (Lipinski definition) is 0. The lowest BCUT2D eigenvalue weighted by molar-refractivity contribution is 0.955. The van der Waals surface area contributed by atoms with Gasteiger partial charge in [0.15, 0.2) is 0 Å². The molecule has 1 heterocycles. The van der Waals surface area contributed by atoms with Crippen LogP contribution in [0.3, 0.4) is 0 Å². The van der Waals surface area contributed by atoms with Crippen molar-refractivity contribution in [2.24, 2.45) is 0 Å². The van der Waals surface area contributed by atoms with Gasteiger partial charge in [0.25, 0.3) is 0 Å². The highest BCUT2D eigenvalue weighted by Gasteiger charge is 1.97. The smallest absolute Gasteiger partial charge is 0.224 e. The molecule has 0 aliphatic carbocycles. The molecule has 0 aromatic carbocycles. The molecule has 0 atom stereocenters. The van der Waals surface area contributed by atoms with Gasteiger partial charge < -0.3 is 0 Å². The van der Waals surface area contributed by atoms with E-state index in [0.29, 0.717) is 0 Å². The van der Waals surface area contributed by atoms with Gasteiger partial charge >= 0.3 is 0 Å². The standard InChI is InChI=1S/C8H9N3/c1-3-7-4-6(2)10-8(5-9)11-7/h4H,3H2,1-2H3. The minimum atomic E-state index is 0.266. The third-order valence-electron chi connectivity index (χ3n) is 1.37. The monoisotopic (exact) mass is 147 g/mol. The first-order chi connectivity index (χ1) is 5.26. The van der Waals surface area contributed by atoms with Crippen molar-refractivity contribution in [1.82, 2.24) is 9.97 Å². The molecule has 56 valence electrons. The summed E-state index contributed by atoms with van der Waals surface area (Å²) in [5, 5.41) is 8.51. The fourth-order valence-corrected chi connectivity index (χ4v) is 0.865. The molecule has 3 nitrogen and oxygen atoms in total. The maximum Gasteiger partial charge on any atom is 0.232 e. The first kappa shape index (κ1) is 7.67. The van der Waals surface area contributed by atoms with Crippen LogP contribution in [0.15, 0.2) is 6.07 Å². The van der Waals surface area contributed by atoms with Gasteiger partial charge in [-0.05, 0) is 19.4 Å². The molecular formula is C8H9N3. The van der Waals surface area contributed by atoms with Crippen molar-refractivity contribution in [3.05, 3.63) is 23.3 Å². The van der Waals surface area contributed by atoms with Crippen molar-refractivity contribution in [3.8, 4) is 6.07 Å². The van der Waals surface area contributed by atoms with Crippen LogP contribution in [-0.2, 0) is 6.42 Å². The molecule has 0 saturated carbocycles. The Labute approximate surface area is 65.7 Å². The van der Waals surface area contributed by atoms with E-state index in [1.54, 1.807) is 0 Å². The normalized spacial score (nSPS) is 9.18. The van der Waals surface area contributed by atoms with Gasteiger partial charge in [-0.3, -0.25) is 0 Å². The van der Waals surface area contributed by atoms with Crippen molar-refractivity contribution >= 4 is 0 Å². The van der Waals surface area contributed by atoms with Crippen LogP contribution < -0.4 is 0 Å². The molecule has 0 aliphatic heterocycles. The lowest BCUT2D eigenvalue weighted by Crippen LogP contribution is -1.96. The molecule has 0 radical (unpaired) electrons. The van der Waals surface area contributed by atoms with E-state index in [1.165, 1.54) is 0 Å². The highest BCUT2D eigenvalue weighted by molar-refractivity contribution is 5.17. The van der Waals surface area contributed by atoms with Crippen LogP contribution in [0.5, 0.6) is 0 Å². The van der Waals surface area contributed by atoms with Gasteiger partial charge in [-0.1, -0.05) is 6.92 Å². The van der Waals surface area contributed by atoms with Crippen LogP contribution >= 0.6 is 0 Å². The van der Waals surface area contributed by atoms with E-state index in [9.17, 15) is 0 Å². The largest absolute Gasteiger partial charge is 0.232 e. The van der Waals surface area contributed by atoms with Gasteiger partial charge in [-0.15, -0.1) is 0 Å². The molecule has 0 spiro atoms. The molecule has 1 aromatic heterocycles. The Morgan fingerprint density at radius 3 is 2.82 bits per heavy atom. The van der Waals surface area contributed by atoms with Crippen molar-refractivity contribution < 1.29 is 0 Å². The number of hydrogen-bond acceptors (Lipinski definition) is 3. The van der Waals surface area contributed by atoms with Gasteiger partial charge in [-0.2, -0.15) is 5.26 Å². The molecule has 3 heteroatoms. The zero-order valence-electron chi connectivity index (χ0n) is 6.63. The minimum absolute atomic E-state index is 0.266. The van der Waals surface area contributed by atoms with E-state index in [1.807, 2.05) is 26.0 Å². The van der Waals surface area contributed by atoms with Crippen molar-refractivity contribution in [2.75, 3.05) is 0 Å². The number of nitriles is 1. The van der Waals surface area contributed by atoms with Crippen LogP contribution in [0.4, 0.5) is 0 Å². The zero-order chi connectivity index (χ0) is 8.27. The van der Waals surface area contributed by atoms with Gasteiger partial charge in [0.1, 0.15) is 6.07 Å². The Morgan fingerprint density at radius 2 is 2.27 bits per heavy atom. The summed E-state index contributed by atoms with van der Waals surface area (Å²) in [4.78, 5) is 7.93. The van der Waals surface area contributed by atoms with Gasteiger partial charge in [0.2, 0.25) is 5.82 Å². The van der Waals surface area contributed by atoms with Gasteiger partial charge in [0.05, 0.1) is 0 Å². The van der Waals surface area contributed by atoms with Gasteiger partial charge in [-0.25, -0.2) is 9.97 Å². The molecule has 0 aliphatic rings. The molecule has 0 unspecified atom stereocenters. The predicted octanol–water partition coefficient (Wildman–Crippen LogP) is 1.22. The third kappa shape index (κ3) is 1.74. The molecule has 11 heavy (non-hydrogen) atoms. The summed E-state index contributed by atoms with van der Waals surface area (Å²) in [5.74, 6) is 0.266. The molecule has 1 rings (SSSR count). The predicted molar refractivity (Wildman–Crippen MR) is 40.9 cm³/mol. The van der Waals surface area contributed by atoms with Gasteiger partial charge in [0, 0.05) is 11.4 Å². The molecule has 1 aromatic rings. The summed E-state index contributed by atoms with van der Waals surface area (Å²) >= 11 is 0. The summed E-state index contributed by atoms with van der Waals surface area (Å²) in [6.45, 7) is 3.87. The molecule has 0 N–H and O–H groups in total. The minimum Gasteiger partial charge on any atom is -0.224 e. The van der Waals surface area contributed by atoms with E-state index in [4.69, 9.17) is 5.26 Å². The van der Waals surface area contributed by atoms with E-state index < -0.39 is 0 Å². The molecule has 0 fully saturated rings. The Hall–Kier alpha value is -1.43. The lowest BCUT2D eigenvalue weighted by Gasteiger charge is -1.96. The summed E-state index contributed by atoms with van der Waals surface area (Å²) in [7, 11) is 0. The number of nitrogens with zero attached hydrogens (tertiary/aromatic N) is 3. The van der Waals surface area contributed by atoms with E-state index in [0.717, 1.165) is 17.8 Å². The average Bonchev–Trinajstić information content (AvgIpc) is 2.03. The summed E-state index contributed by atoms with van der Waals surface area (Å²) < 4.78 is 0. The Morgan fingerprint density at radius 1 is 1.55 bits per heavy atom. The van der Waals surface area contributed by atoms with Crippen molar-refractivity contribution in [2.45, 2.75) is 20.3 Å². The fourth-order valence-electron chi connectivity index (χ4n) is 0.865. The second-order valence-electron chi connectivity index (χ2n) is 2.29. The van der Waals surface area contributed by atoms with Crippen molar-refractivity contribution in [3.63, 3.8) is 0 Å². The molecule has 0 amide bonds. The van der Waals surface area contributed by atoms with Crippen LogP contribution in [0.2, 0.25) is 0 Å². The summed E-state index contributed by atoms with van der Waals surface area (Å²) in [6.07, 6.45) is 0.845. The maximum atomic E-state index is 8.51. The molecular weight excluding hydrogens is 138 g/mol. The number of aryl methyl sites for hydroxylation is 2. The highest BCUT2D eigenvalue weighted by atomic mass is 14.9. The van der Waals surface area contributed by atoms with E-state index in [-0.39, 0.29) is 5.82 Å². The van der Waals surface area contributed by atoms with Crippen LogP contribution in [0.25, 0.3) is 0 Å². The SMILES string of the molecule is CCc1cc(C)nc(C#N)n1. The first-order valence-corrected chi connectivity index (χ1v) is 3.51. The van der Waals surface area contributed by atoms with Crippen LogP contribution in [-0.4, -0.2) is 9.97 Å². The van der Waals surface area contributed by atoms with Crippen molar-refractivity contribution in [1.29, 1.82) is 5.26 Å². The summed E-state index contributed by atoms with van der Waals surface area (Å²) in [6, 6.07) is 3.81. The Bertz CT molecular complexity index is 299. The highest BCUT2D eigenvalue weighted by Crippen LogP contribution is 1.99. The summed E-state index contributed by atoms with van der Waals surface area (Å²) in [5.41, 5.74) is 1.78.